The second-order valence-corrected chi connectivity index (χ2v) is 6.76. The largest absolute Gasteiger partial charge is 0.379 e. The molecule has 0 amide bonds. The predicted octanol–water partition coefficient (Wildman–Crippen LogP) is 0.283. The lowest BCUT2D eigenvalue weighted by atomic mass is 10.1. The summed E-state index contributed by atoms with van der Waals surface area (Å²) in [7, 11) is -3.16. The summed E-state index contributed by atoms with van der Waals surface area (Å²) in [4.78, 5) is 2.27. The molecular weight excluding hydrogens is 266 g/mol. The van der Waals surface area contributed by atoms with Crippen LogP contribution in [0.15, 0.2) is 29.2 Å². The van der Waals surface area contributed by atoms with Crippen LogP contribution in [0.1, 0.15) is 5.56 Å². The van der Waals surface area contributed by atoms with E-state index in [0.717, 1.165) is 18.7 Å². The van der Waals surface area contributed by atoms with Gasteiger partial charge in [0.05, 0.1) is 18.1 Å². The highest BCUT2D eigenvalue weighted by Crippen LogP contribution is 2.13. The van der Waals surface area contributed by atoms with Crippen LogP contribution in [0.3, 0.4) is 0 Å². The van der Waals surface area contributed by atoms with Gasteiger partial charge in [0.25, 0.3) is 0 Å². The maximum atomic E-state index is 11.3. The summed E-state index contributed by atoms with van der Waals surface area (Å²) in [6.07, 6.45) is 1.13. The van der Waals surface area contributed by atoms with E-state index in [1.54, 1.807) is 24.3 Å². The Kier molecular flexibility index (Phi) is 4.57. The molecule has 1 unspecified atom stereocenters. The van der Waals surface area contributed by atoms with E-state index < -0.39 is 16.1 Å². The Labute approximate surface area is 113 Å². The Morgan fingerprint density at radius 1 is 1.26 bits per heavy atom. The number of hydrogen-bond donors (Lipinski definition) is 1. The lowest BCUT2D eigenvalue weighted by Gasteiger charge is -2.31. The summed E-state index contributed by atoms with van der Waals surface area (Å²) in [5.74, 6) is 0. The molecule has 1 heterocycles. The highest BCUT2D eigenvalue weighted by Gasteiger charge is 2.18. The fourth-order valence-corrected chi connectivity index (χ4v) is 2.72. The zero-order valence-electron chi connectivity index (χ0n) is 10.9. The second-order valence-electron chi connectivity index (χ2n) is 4.75. The smallest absolute Gasteiger partial charge is 0.175 e. The number of aliphatic hydroxyl groups excluding tert-OH is 1. The van der Waals surface area contributed by atoms with Gasteiger partial charge in [-0.2, -0.15) is 0 Å². The molecule has 6 heteroatoms. The summed E-state index contributed by atoms with van der Waals surface area (Å²) >= 11 is 0. The lowest BCUT2D eigenvalue weighted by Crippen LogP contribution is -2.44. The molecule has 1 fully saturated rings. The molecule has 2 rings (SSSR count). The average molecular weight is 285 g/mol. The van der Waals surface area contributed by atoms with Gasteiger partial charge in [-0.05, 0) is 17.7 Å². The van der Waals surface area contributed by atoms with Crippen LogP contribution in [0.25, 0.3) is 0 Å². The summed E-state index contributed by atoms with van der Waals surface area (Å²) in [6.45, 7) is 2.74. The normalized spacial score (nSPS) is 19.3. The van der Waals surface area contributed by atoms with Gasteiger partial charge in [0.2, 0.25) is 0 Å². The molecule has 0 spiro atoms. The highest BCUT2D eigenvalue weighted by atomic mass is 32.2. The maximum Gasteiger partial charge on any atom is 0.175 e. The summed E-state index contributed by atoms with van der Waals surface area (Å²) in [5, 5.41) is 10.1. The molecule has 1 N–H and O–H groups in total. The molecule has 1 aromatic rings. The minimum absolute atomic E-state index is 0.303. The topological polar surface area (TPSA) is 66.8 Å². The molecule has 19 heavy (non-hydrogen) atoms. The van der Waals surface area contributed by atoms with Gasteiger partial charge < -0.3 is 9.84 Å². The van der Waals surface area contributed by atoms with Crippen molar-refractivity contribution in [3.05, 3.63) is 29.8 Å². The van der Waals surface area contributed by atoms with E-state index in [0.29, 0.717) is 24.5 Å². The van der Waals surface area contributed by atoms with Crippen LogP contribution < -0.4 is 0 Å². The van der Waals surface area contributed by atoms with Gasteiger partial charge in [-0.3, -0.25) is 4.90 Å². The molecular formula is C13H19NO4S. The SMILES string of the molecule is CS(=O)(=O)c1ccc(CC(O)N2CCOCC2)cc1. The van der Waals surface area contributed by atoms with Crippen molar-refractivity contribution in [3.63, 3.8) is 0 Å². The van der Waals surface area contributed by atoms with Crippen LogP contribution in [0.4, 0.5) is 0 Å². The van der Waals surface area contributed by atoms with Crippen LogP contribution >= 0.6 is 0 Å². The average Bonchev–Trinajstić information content (AvgIpc) is 2.39. The first kappa shape index (κ1) is 14.5. The predicted molar refractivity (Wildman–Crippen MR) is 71.7 cm³/mol. The van der Waals surface area contributed by atoms with Crippen molar-refractivity contribution in [1.82, 2.24) is 4.90 Å². The van der Waals surface area contributed by atoms with E-state index >= 15 is 0 Å². The number of morpholine rings is 1. The van der Waals surface area contributed by atoms with Gasteiger partial charge in [0, 0.05) is 25.8 Å². The molecule has 0 aromatic heterocycles. The van der Waals surface area contributed by atoms with Crippen molar-refractivity contribution in [2.24, 2.45) is 0 Å². The van der Waals surface area contributed by atoms with Crippen LogP contribution in [0.2, 0.25) is 0 Å². The Hall–Kier alpha value is -0.950. The van der Waals surface area contributed by atoms with Crippen molar-refractivity contribution in [2.75, 3.05) is 32.6 Å². The third kappa shape index (κ3) is 4.01. The van der Waals surface area contributed by atoms with Crippen LogP contribution in [-0.2, 0) is 21.0 Å². The standard InChI is InChI=1S/C13H19NO4S/c1-19(16,17)12-4-2-11(3-5-12)10-13(15)14-6-8-18-9-7-14/h2-5,13,15H,6-10H2,1H3. The van der Waals surface area contributed by atoms with Crippen molar-refractivity contribution >= 4 is 9.84 Å². The Morgan fingerprint density at radius 2 is 1.84 bits per heavy atom. The van der Waals surface area contributed by atoms with Crippen LogP contribution in [-0.4, -0.2) is 57.2 Å². The van der Waals surface area contributed by atoms with Crippen LogP contribution in [0.5, 0.6) is 0 Å². The quantitative estimate of drug-likeness (QED) is 0.861. The number of sulfone groups is 1. The van der Waals surface area contributed by atoms with E-state index in [4.69, 9.17) is 4.74 Å². The van der Waals surface area contributed by atoms with Gasteiger partial charge in [-0.1, -0.05) is 12.1 Å². The van der Waals surface area contributed by atoms with Gasteiger partial charge in [0.15, 0.2) is 9.84 Å². The van der Waals surface area contributed by atoms with Crippen molar-refractivity contribution in [1.29, 1.82) is 0 Å². The van der Waals surface area contributed by atoms with E-state index in [2.05, 4.69) is 0 Å². The number of rotatable bonds is 4. The fraction of sp³-hybridized carbons (Fsp3) is 0.538. The Balaban J connectivity index is 1.99. The molecule has 1 atom stereocenters. The fourth-order valence-electron chi connectivity index (χ4n) is 2.09. The maximum absolute atomic E-state index is 11.3. The number of hydrogen-bond acceptors (Lipinski definition) is 5. The molecule has 0 radical (unpaired) electrons. The number of benzene rings is 1. The minimum Gasteiger partial charge on any atom is -0.379 e. The van der Waals surface area contributed by atoms with Crippen molar-refractivity contribution in [3.8, 4) is 0 Å². The molecule has 1 aliphatic rings. The number of aliphatic hydroxyl groups is 1. The monoisotopic (exact) mass is 285 g/mol. The minimum atomic E-state index is -3.16. The third-order valence-electron chi connectivity index (χ3n) is 3.24. The highest BCUT2D eigenvalue weighted by molar-refractivity contribution is 7.90. The zero-order valence-corrected chi connectivity index (χ0v) is 11.8. The molecule has 1 aliphatic heterocycles. The number of ether oxygens (including phenoxy) is 1. The lowest BCUT2D eigenvalue weighted by molar-refractivity contribution is -0.0575. The summed E-state index contributed by atoms with van der Waals surface area (Å²) in [5.41, 5.74) is 0.923. The first-order chi connectivity index (χ1) is 8.97. The molecule has 106 valence electrons. The van der Waals surface area contributed by atoms with Gasteiger partial charge in [-0.25, -0.2) is 8.42 Å². The molecule has 1 aromatic carbocycles. The Bertz CT molecular complexity index is 506. The van der Waals surface area contributed by atoms with Gasteiger partial charge in [0.1, 0.15) is 6.23 Å². The van der Waals surface area contributed by atoms with Gasteiger partial charge in [-0.15, -0.1) is 0 Å². The Morgan fingerprint density at radius 3 is 2.37 bits per heavy atom. The van der Waals surface area contributed by atoms with E-state index in [9.17, 15) is 13.5 Å². The van der Waals surface area contributed by atoms with Crippen molar-refractivity contribution < 1.29 is 18.3 Å². The molecule has 1 saturated heterocycles. The van der Waals surface area contributed by atoms with Crippen molar-refractivity contribution in [2.45, 2.75) is 17.5 Å². The molecule has 5 nitrogen and oxygen atoms in total. The summed E-state index contributed by atoms with van der Waals surface area (Å²) < 4.78 is 27.9. The zero-order chi connectivity index (χ0) is 13.9. The first-order valence-electron chi connectivity index (χ1n) is 6.26. The molecule has 0 aliphatic carbocycles. The van der Waals surface area contributed by atoms with Crippen LogP contribution in [0, 0.1) is 0 Å². The first-order valence-corrected chi connectivity index (χ1v) is 8.15. The molecule has 0 saturated carbocycles. The van der Waals surface area contributed by atoms with E-state index in [1.165, 1.54) is 6.26 Å². The molecule has 0 bridgehead atoms. The summed E-state index contributed by atoms with van der Waals surface area (Å²) in [6, 6.07) is 6.66. The third-order valence-corrected chi connectivity index (χ3v) is 4.37. The van der Waals surface area contributed by atoms with Gasteiger partial charge >= 0.3 is 0 Å². The van der Waals surface area contributed by atoms with E-state index in [1.807, 2.05) is 4.90 Å². The van der Waals surface area contributed by atoms with E-state index in [-0.39, 0.29) is 0 Å². The number of nitrogens with zero attached hydrogens (tertiary/aromatic N) is 1. The second kappa shape index (κ2) is 6.00.